The van der Waals surface area contributed by atoms with E-state index in [0.29, 0.717) is 29.7 Å². The van der Waals surface area contributed by atoms with Crippen LogP contribution in [0.15, 0.2) is 18.2 Å². The molecule has 0 spiro atoms. The molecule has 1 aliphatic rings. The zero-order valence-electron chi connectivity index (χ0n) is 7.50. The molecule has 0 saturated carbocycles. The molecule has 1 aliphatic heterocycles. The van der Waals surface area contributed by atoms with Gasteiger partial charge in [-0.15, -0.1) is 0 Å². The minimum Gasteiger partial charge on any atom is -0.350 e. The highest BCUT2D eigenvalue weighted by Crippen LogP contribution is 2.23. The van der Waals surface area contributed by atoms with E-state index in [2.05, 4.69) is 0 Å². The first-order valence-corrected chi connectivity index (χ1v) is 5.18. The lowest BCUT2D eigenvalue weighted by atomic mass is 10.1. The Morgan fingerprint density at radius 3 is 2.57 bits per heavy atom. The first-order valence-electron chi connectivity index (χ1n) is 4.43. The van der Waals surface area contributed by atoms with Crippen molar-refractivity contribution in [2.24, 2.45) is 0 Å². The average molecular weight is 233 g/mol. The monoisotopic (exact) mass is 232 g/mol. The minimum atomic E-state index is -0.159. The number of hydrogen-bond donors (Lipinski definition) is 0. The van der Waals surface area contributed by atoms with Crippen LogP contribution in [0, 0.1) is 0 Å². The van der Waals surface area contributed by atoms with Crippen LogP contribution in [-0.2, 0) is 15.9 Å². The summed E-state index contributed by atoms with van der Waals surface area (Å²) in [5, 5.41) is 1.31. The second-order valence-electron chi connectivity index (χ2n) is 3.11. The summed E-state index contributed by atoms with van der Waals surface area (Å²) in [4.78, 5) is 0. The summed E-state index contributed by atoms with van der Waals surface area (Å²) in [5.74, 6) is 0. The van der Waals surface area contributed by atoms with Crippen molar-refractivity contribution in [1.82, 2.24) is 0 Å². The van der Waals surface area contributed by atoms with Crippen molar-refractivity contribution in [3.8, 4) is 0 Å². The first-order chi connectivity index (χ1) is 6.75. The Balaban J connectivity index is 2.08. The van der Waals surface area contributed by atoms with Crippen LogP contribution >= 0.6 is 23.2 Å². The third kappa shape index (κ3) is 2.39. The van der Waals surface area contributed by atoms with Crippen molar-refractivity contribution in [1.29, 1.82) is 0 Å². The summed E-state index contributed by atoms with van der Waals surface area (Å²) in [6.07, 6.45) is 0.518. The lowest BCUT2D eigenvalue weighted by Gasteiger charge is -2.10. The molecule has 1 saturated heterocycles. The lowest BCUT2D eigenvalue weighted by molar-refractivity contribution is -0.0399. The number of halogens is 2. The van der Waals surface area contributed by atoms with Gasteiger partial charge in [0.15, 0.2) is 6.29 Å². The van der Waals surface area contributed by atoms with E-state index in [-0.39, 0.29) is 6.29 Å². The van der Waals surface area contributed by atoms with Crippen LogP contribution in [0.2, 0.25) is 10.0 Å². The molecule has 1 fully saturated rings. The lowest BCUT2D eigenvalue weighted by Crippen LogP contribution is -2.11. The highest BCUT2D eigenvalue weighted by atomic mass is 35.5. The summed E-state index contributed by atoms with van der Waals surface area (Å²) in [5.41, 5.74) is 1.00. The average Bonchev–Trinajstić information content (AvgIpc) is 2.62. The largest absolute Gasteiger partial charge is 0.350 e. The van der Waals surface area contributed by atoms with Gasteiger partial charge in [0.25, 0.3) is 0 Å². The topological polar surface area (TPSA) is 18.5 Å². The van der Waals surface area contributed by atoms with Gasteiger partial charge in [0, 0.05) is 16.5 Å². The van der Waals surface area contributed by atoms with Gasteiger partial charge in [-0.2, -0.15) is 0 Å². The van der Waals surface area contributed by atoms with Gasteiger partial charge in [0.2, 0.25) is 0 Å². The molecule has 4 heteroatoms. The molecule has 1 heterocycles. The summed E-state index contributed by atoms with van der Waals surface area (Å²) < 4.78 is 10.7. The van der Waals surface area contributed by atoms with Crippen molar-refractivity contribution >= 4 is 23.2 Å². The van der Waals surface area contributed by atoms with Crippen LogP contribution in [0.25, 0.3) is 0 Å². The SMILES string of the molecule is Clc1ccc(CC2OCCO2)c(Cl)c1. The maximum Gasteiger partial charge on any atom is 0.161 e. The van der Waals surface area contributed by atoms with Crippen molar-refractivity contribution in [3.63, 3.8) is 0 Å². The van der Waals surface area contributed by atoms with Gasteiger partial charge in [0.05, 0.1) is 13.2 Å². The van der Waals surface area contributed by atoms with E-state index < -0.39 is 0 Å². The van der Waals surface area contributed by atoms with E-state index in [9.17, 15) is 0 Å². The van der Waals surface area contributed by atoms with E-state index in [4.69, 9.17) is 32.7 Å². The van der Waals surface area contributed by atoms with Gasteiger partial charge >= 0.3 is 0 Å². The fourth-order valence-corrected chi connectivity index (χ4v) is 1.88. The highest BCUT2D eigenvalue weighted by molar-refractivity contribution is 6.35. The smallest absolute Gasteiger partial charge is 0.161 e. The normalized spacial score (nSPS) is 17.6. The summed E-state index contributed by atoms with van der Waals surface area (Å²) in [6, 6.07) is 5.45. The molecular formula is C10H10Cl2O2. The second kappa shape index (κ2) is 4.49. The number of ether oxygens (including phenoxy) is 2. The fourth-order valence-electron chi connectivity index (χ4n) is 1.39. The molecule has 0 radical (unpaired) electrons. The van der Waals surface area contributed by atoms with Gasteiger partial charge in [-0.05, 0) is 17.7 Å². The van der Waals surface area contributed by atoms with Crippen molar-refractivity contribution in [2.75, 3.05) is 13.2 Å². The van der Waals surface area contributed by atoms with Gasteiger partial charge in [-0.25, -0.2) is 0 Å². The van der Waals surface area contributed by atoms with E-state index in [1.54, 1.807) is 6.07 Å². The number of benzene rings is 1. The Kier molecular flexibility index (Phi) is 3.29. The maximum absolute atomic E-state index is 6.01. The molecule has 14 heavy (non-hydrogen) atoms. The fraction of sp³-hybridized carbons (Fsp3) is 0.400. The Labute approximate surface area is 92.7 Å². The highest BCUT2D eigenvalue weighted by Gasteiger charge is 2.17. The van der Waals surface area contributed by atoms with Gasteiger partial charge < -0.3 is 9.47 Å². The Hall–Kier alpha value is -0.280. The molecule has 0 amide bonds. The zero-order chi connectivity index (χ0) is 9.97. The zero-order valence-corrected chi connectivity index (χ0v) is 9.02. The summed E-state index contributed by atoms with van der Waals surface area (Å²) in [6.45, 7) is 1.33. The molecule has 1 aromatic carbocycles. The molecule has 76 valence electrons. The summed E-state index contributed by atoms with van der Waals surface area (Å²) >= 11 is 11.8. The predicted octanol–water partition coefficient (Wildman–Crippen LogP) is 2.91. The predicted molar refractivity (Wildman–Crippen MR) is 55.9 cm³/mol. The Morgan fingerprint density at radius 2 is 1.93 bits per heavy atom. The maximum atomic E-state index is 6.01. The Morgan fingerprint density at radius 1 is 1.21 bits per heavy atom. The third-order valence-corrected chi connectivity index (χ3v) is 2.68. The van der Waals surface area contributed by atoms with E-state index in [1.165, 1.54) is 0 Å². The quantitative estimate of drug-likeness (QED) is 0.781. The Bertz CT molecular complexity index is 322. The van der Waals surface area contributed by atoms with E-state index in [1.807, 2.05) is 12.1 Å². The number of rotatable bonds is 2. The van der Waals surface area contributed by atoms with Crippen LogP contribution in [0.4, 0.5) is 0 Å². The van der Waals surface area contributed by atoms with Crippen LogP contribution in [0.3, 0.4) is 0 Å². The summed E-state index contributed by atoms with van der Waals surface area (Å²) in [7, 11) is 0. The molecule has 0 unspecified atom stereocenters. The minimum absolute atomic E-state index is 0.159. The van der Waals surface area contributed by atoms with Crippen LogP contribution < -0.4 is 0 Å². The molecule has 0 atom stereocenters. The van der Waals surface area contributed by atoms with Crippen LogP contribution in [0.1, 0.15) is 5.56 Å². The van der Waals surface area contributed by atoms with Crippen LogP contribution in [0.5, 0.6) is 0 Å². The van der Waals surface area contributed by atoms with Crippen LogP contribution in [-0.4, -0.2) is 19.5 Å². The second-order valence-corrected chi connectivity index (χ2v) is 3.95. The standard InChI is InChI=1S/C10H10Cl2O2/c11-8-2-1-7(9(12)6-8)5-10-13-3-4-14-10/h1-2,6,10H,3-5H2. The van der Waals surface area contributed by atoms with Crippen molar-refractivity contribution in [2.45, 2.75) is 12.7 Å². The molecule has 2 rings (SSSR count). The first kappa shape index (κ1) is 10.2. The van der Waals surface area contributed by atoms with Crippen molar-refractivity contribution < 1.29 is 9.47 Å². The molecule has 0 N–H and O–H groups in total. The molecular weight excluding hydrogens is 223 g/mol. The third-order valence-electron chi connectivity index (χ3n) is 2.09. The molecule has 0 bridgehead atoms. The molecule has 0 aromatic heterocycles. The van der Waals surface area contributed by atoms with Gasteiger partial charge in [0.1, 0.15) is 0 Å². The van der Waals surface area contributed by atoms with Crippen molar-refractivity contribution in [3.05, 3.63) is 33.8 Å². The number of hydrogen-bond acceptors (Lipinski definition) is 2. The van der Waals surface area contributed by atoms with Gasteiger partial charge in [-0.3, -0.25) is 0 Å². The van der Waals surface area contributed by atoms with E-state index in [0.717, 1.165) is 5.56 Å². The van der Waals surface area contributed by atoms with E-state index >= 15 is 0 Å². The van der Waals surface area contributed by atoms with Gasteiger partial charge in [-0.1, -0.05) is 29.3 Å². The molecule has 0 aliphatic carbocycles. The molecule has 2 nitrogen and oxygen atoms in total. The molecule has 1 aromatic rings.